The molecule has 0 aliphatic carbocycles. The normalized spacial score (nSPS) is 23.3. The van der Waals surface area contributed by atoms with Gasteiger partial charge in [0.15, 0.2) is 0 Å². The van der Waals surface area contributed by atoms with Crippen LogP contribution in [0.4, 0.5) is 0 Å². The molecule has 0 amide bonds. The van der Waals surface area contributed by atoms with Gasteiger partial charge in [-0.25, -0.2) is 0 Å². The van der Waals surface area contributed by atoms with Gasteiger partial charge in [0.05, 0.1) is 0 Å². The summed E-state index contributed by atoms with van der Waals surface area (Å²) in [6.07, 6.45) is 3.67. The molecule has 0 saturated carbocycles. The Kier molecular flexibility index (Phi) is 2.99. The Hall–Kier alpha value is -0.370. The summed E-state index contributed by atoms with van der Waals surface area (Å²) >= 11 is 2.05. The minimum absolute atomic E-state index is 0.680. The Morgan fingerprint density at radius 2 is 2.46 bits per heavy atom. The molecule has 2 rings (SSSR count). The smallest absolute Gasteiger partial charge is 0.108 e. The Morgan fingerprint density at radius 3 is 3.08 bits per heavy atom. The minimum Gasteiger partial charge on any atom is -0.466 e. The SMILES string of the molecule is CCc1ccc(C2CCCSC2)o1. The molecule has 1 unspecified atom stereocenters. The van der Waals surface area contributed by atoms with Crippen LogP contribution in [0.3, 0.4) is 0 Å². The maximum Gasteiger partial charge on any atom is 0.108 e. The van der Waals surface area contributed by atoms with Crippen LogP contribution in [0.5, 0.6) is 0 Å². The van der Waals surface area contributed by atoms with Gasteiger partial charge < -0.3 is 4.42 Å². The van der Waals surface area contributed by atoms with Gasteiger partial charge >= 0.3 is 0 Å². The zero-order valence-corrected chi connectivity index (χ0v) is 8.90. The van der Waals surface area contributed by atoms with E-state index in [0.717, 1.165) is 12.2 Å². The third-order valence-electron chi connectivity index (χ3n) is 2.59. The lowest BCUT2D eigenvalue weighted by molar-refractivity contribution is 0.431. The first kappa shape index (κ1) is 9.20. The largest absolute Gasteiger partial charge is 0.466 e. The fraction of sp³-hybridized carbons (Fsp3) is 0.636. The van der Waals surface area contributed by atoms with Gasteiger partial charge in [-0.05, 0) is 30.7 Å². The Morgan fingerprint density at radius 1 is 1.54 bits per heavy atom. The maximum atomic E-state index is 5.76. The van der Waals surface area contributed by atoms with Crippen LogP contribution in [0, 0.1) is 0 Å². The third kappa shape index (κ3) is 2.11. The maximum absolute atomic E-state index is 5.76. The summed E-state index contributed by atoms with van der Waals surface area (Å²) in [7, 11) is 0. The van der Waals surface area contributed by atoms with Crippen LogP contribution in [-0.2, 0) is 6.42 Å². The topological polar surface area (TPSA) is 13.1 Å². The number of furan rings is 1. The molecule has 1 fully saturated rings. The molecule has 1 saturated heterocycles. The zero-order valence-electron chi connectivity index (χ0n) is 8.08. The van der Waals surface area contributed by atoms with Crippen molar-refractivity contribution < 1.29 is 4.42 Å². The van der Waals surface area contributed by atoms with Crippen LogP contribution in [0.2, 0.25) is 0 Å². The lowest BCUT2D eigenvalue weighted by Crippen LogP contribution is -2.07. The average molecular weight is 196 g/mol. The molecule has 72 valence electrons. The molecule has 2 heterocycles. The highest BCUT2D eigenvalue weighted by atomic mass is 32.2. The molecule has 0 N–H and O–H groups in total. The van der Waals surface area contributed by atoms with Crippen LogP contribution in [0.25, 0.3) is 0 Å². The number of hydrogen-bond donors (Lipinski definition) is 0. The summed E-state index contributed by atoms with van der Waals surface area (Å²) < 4.78 is 5.76. The molecule has 1 nitrogen and oxygen atoms in total. The van der Waals surface area contributed by atoms with E-state index in [1.54, 1.807) is 0 Å². The summed E-state index contributed by atoms with van der Waals surface area (Å²) in [4.78, 5) is 0. The number of hydrogen-bond acceptors (Lipinski definition) is 2. The molecule has 0 spiro atoms. The van der Waals surface area contributed by atoms with E-state index in [1.807, 2.05) is 0 Å². The Bertz CT molecular complexity index is 261. The first-order chi connectivity index (χ1) is 6.40. The van der Waals surface area contributed by atoms with Gasteiger partial charge in [-0.15, -0.1) is 0 Å². The van der Waals surface area contributed by atoms with Crippen molar-refractivity contribution in [1.82, 2.24) is 0 Å². The Labute approximate surface area is 83.9 Å². The number of thioether (sulfide) groups is 1. The average Bonchev–Trinajstić information content (AvgIpc) is 2.67. The monoisotopic (exact) mass is 196 g/mol. The first-order valence-electron chi connectivity index (χ1n) is 5.06. The molecule has 1 aromatic heterocycles. The lowest BCUT2D eigenvalue weighted by atomic mass is 10.0. The fourth-order valence-electron chi connectivity index (χ4n) is 1.77. The van der Waals surface area contributed by atoms with Crippen molar-refractivity contribution in [2.24, 2.45) is 0 Å². The molecule has 1 aliphatic rings. The molecule has 0 bridgehead atoms. The van der Waals surface area contributed by atoms with Gasteiger partial charge in [0.2, 0.25) is 0 Å². The van der Waals surface area contributed by atoms with E-state index >= 15 is 0 Å². The summed E-state index contributed by atoms with van der Waals surface area (Å²) in [6.45, 7) is 2.14. The van der Waals surface area contributed by atoms with Gasteiger partial charge in [0.25, 0.3) is 0 Å². The molecule has 0 aromatic carbocycles. The van der Waals surface area contributed by atoms with Crippen molar-refractivity contribution in [3.05, 3.63) is 23.7 Å². The third-order valence-corrected chi connectivity index (χ3v) is 3.81. The van der Waals surface area contributed by atoms with Crippen molar-refractivity contribution in [2.45, 2.75) is 32.1 Å². The minimum atomic E-state index is 0.680. The zero-order chi connectivity index (χ0) is 9.10. The number of rotatable bonds is 2. The lowest BCUT2D eigenvalue weighted by Gasteiger charge is -2.18. The molecule has 1 aliphatic heterocycles. The van der Waals surface area contributed by atoms with E-state index < -0.39 is 0 Å². The second kappa shape index (κ2) is 4.23. The van der Waals surface area contributed by atoms with Gasteiger partial charge in [0.1, 0.15) is 11.5 Å². The quantitative estimate of drug-likeness (QED) is 0.718. The summed E-state index contributed by atoms with van der Waals surface area (Å²) in [5.41, 5.74) is 0. The van der Waals surface area contributed by atoms with Crippen LogP contribution in [0.1, 0.15) is 37.2 Å². The Balaban J connectivity index is 2.05. The molecule has 13 heavy (non-hydrogen) atoms. The molecule has 1 aromatic rings. The predicted octanol–water partition coefficient (Wildman–Crippen LogP) is 3.45. The molecular formula is C11H16OS. The van der Waals surface area contributed by atoms with Crippen molar-refractivity contribution in [1.29, 1.82) is 0 Å². The second-order valence-corrected chi connectivity index (χ2v) is 4.72. The second-order valence-electron chi connectivity index (χ2n) is 3.57. The summed E-state index contributed by atoms with van der Waals surface area (Å²) in [5.74, 6) is 5.60. The summed E-state index contributed by atoms with van der Waals surface area (Å²) in [5, 5.41) is 0. The highest BCUT2D eigenvalue weighted by Crippen LogP contribution is 2.32. The summed E-state index contributed by atoms with van der Waals surface area (Å²) in [6, 6.07) is 4.28. The molecule has 2 heteroatoms. The molecule has 1 atom stereocenters. The highest BCUT2D eigenvalue weighted by Gasteiger charge is 2.18. The van der Waals surface area contributed by atoms with Crippen LogP contribution in [-0.4, -0.2) is 11.5 Å². The van der Waals surface area contributed by atoms with E-state index in [9.17, 15) is 0 Å². The van der Waals surface area contributed by atoms with Crippen molar-refractivity contribution in [3.8, 4) is 0 Å². The predicted molar refractivity (Wildman–Crippen MR) is 57.4 cm³/mol. The van der Waals surface area contributed by atoms with Gasteiger partial charge in [-0.3, -0.25) is 0 Å². The standard InChI is InChI=1S/C11H16OS/c1-2-10-5-6-11(12-10)9-4-3-7-13-8-9/h5-6,9H,2-4,7-8H2,1H3. The van der Waals surface area contributed by atoms with E-state index in [-0.39, 0.29) is 0 Å². The van der Waals surface area contributed by atoms with Crippen LogP contribution < -0.4 is 0 Å². The van der Waals surface area contributed by atoms with Crippen LogP contribution >= 0.6 is 11.8 Å². The van der Waals surface area contributed by atoms with Crippen molar-refractivity contribution >= 4 is 11.8 Å². The van der Waals surface area contributed by atoms with E-state index in [0.29, 0.717) is 5.92 Å². The molecular weight excluding hydrogens is 180 g/mol. The highest BCUT2D eigenvalue weighted by molar-refractivity contribution is 7.99. The molecule has 0 radical (unpaired) electrons. The van der Waals surface area contributed by atoms with Gasteiger partial charge in [0, 0.05) is 18.1 Å². The van der Waals surface area contributed by atoms with Crippen molar-refractivity contribution in [3.63, 3.8) is 0 Å². The van der Waals surface area contributed by atoms with E-state index in [4.69, 9.17) is 4.42 Å². The van der Waals surface area contributed by atoms with E-state index in [2.05, 4.69) is 30.8 Å². The fourth-order valence-corrected chi connectivity index (χ4v) is 2.92. The number of aryl methyl sites for hydroxylation is 1. The van der Waals surface area contributed by atoms with Crippen LogP contribution in [0.15, 0.2) is 16.5 Å². The van der Waals surface area contributed by atoms with Crippen molar-refractivity contribution in [2.75, 3.05) is 11.5 Å². The van der Waals surface area contributed by atoms with Gasteiger partial charge in [-0.2, -0.15) is 11.8 Å². The van der Waals surface area contributed by atoms with Gasteiger partial charge in [-0.1, -0.05) is 6.92 Å². The van der Waals surface area contributed by atoms with E-state index in [1.165, 1.54) is 30.1 Å². The first-order valence-corrected chi connectivity index (χ1v) is 6.22.